The second-order valence-corrected chi connectivity index (χ2v) is 9.89. The molecule has 1 aliphatic carbocycles. The normalized spacial score (nSPS) is 21.6. The quantitative estimate of drug-likeness (QED) is 0.541. The van der Waals surface area contributed by atoms with Gasteiger partial charge in [0.25, 0.3) is 0 Å². The lowest BCUT2D eigenvalue weighted by Gasteiger charge is -2.34. The van der Waals surface area contributed by atoms with E-state index in [9.17, 15) is 14.7 Å². The van der Waals surface area contributed by atoms with Crippen LogP contribution in [0.2, 0.25) is 0 Å². The number of nitriles is 1. The molecular formula is C28H30N4O4. The lowest BCUT2D eigenvalue weighted by molar-refractivity contribution is -0.143. The van der Waals surface area contributed by atoms with Gasteiger partial charge in [0.15, 0.2) is 0 Å². The number of carbonyl (C=O) groups is 2. The standard InChI is InChI=1S/C28H30N4O4/c1-17-3-12-22-23(31(17)28(35)36-2)13-14-24-26(22)30-25(15-18-4-6-19(16-29)7-5-18)32(24)21-10-8-20(9-11-21)27(33)34/h4-7,13-14,17,20-21H,3,8-12,15H2,1-2H3,(H,33,34)/t17-,20?,21?/m0/s1. The Bertz CT molecular complexity index is 1350. The first-order chi connectivity index (χ1) is 17.4. The number of carbonyl (C=O) groups excluding carboxylic acids is 1. The molecule has 2 aromatic carbocycles. The van der Waals surface area contributed by atoms with Crippen LogP contribution in [0.5, 0.6) is 0 Å². The van der Waals surface area contributed by atoms with Crippen molar-refractivity contribution in [3.8, 4) is 6.07 Å². The zero-order valence-corrected chi connectivity index (χ0v) is 20.6. The molecule has 2 heterocycles. The van der Waals surface area contributed by atoms with Gasteiger partial charge in [-0.15, -0.1) is 0 Å². The number of fused-ring (bicyclic) bond motifs is 3. The van der Waals surface area contributed by atoms with Gasteiger partial charge in [0, 0.05) is 24.1 Å². The molecule has 36 heavy (non-hydrogen) atoms. The van der Waals surface area contributed by atoms with Crippen LogP contribution in [-0.4, -0.2) is 39.9 Å². The van der Waals surface area contributed by atoms with Crippen LogP contribution in [0, 0.1) is 17.2 Å². The van der Waals surface area contributed by atoms with E-state index in [4.69, 9.17) is 15.0 Å². The van der Waals surface area contributed by atoms with Crippen molar-refractivity contribution < 1.29 is 19.4 Å². The van der Waals surface area contributed by atoms with E-state index in [1.165, 1.54) is 7.11 Å². The van der Waals surface area contributed by atoms with Gasteiger partial charge in [0.05, 0.1) is 41.4 Å². The van der Waals surface area contributed by atoms with E-state index in [0.29, 0.717) is 24.8 Å². The fourth-order valence-electron chi connectivity index (χ4n) is 5.82. The number of hydrogen-bond donors (Lipinski definition) is 1. The molecule has 1 fully saturated rings. The van der Waals surface area contributed by atoms with Gasteiger partial charge < -0.3 is 14.4 Å². The monoisotopic (exact) mass is 486 g/mol. The van der Waals surface area contributed by atoms with Crippen molar-refractivity contribution in [1.29, 1.82) is 5.26 Å². The molecule has 3 aromatic rings. The minimum Gasteiger partial charge on any atom is -0.481 e. The zero-order valence-electron chi connectivity index (χ0n) is 20.6. The van der Waals surface area contributed by atoms with Crippen LogP contribution in [0.25, 0.3) is 11.0 Å². The Morgan fingerprint density at radius 1 is 1.11 bits per heavy atom. The molecule has 1 aromatic heterocycles. The highest BCUT2D eigenvalue weighted by Crippen LogP contribution is 2.40. The summed E-state index contributed by atoms with van der Waals surface area (Å²) < 4.78 is 7.37. The van der Waals surface area contributed by atoms with E-state index in [-0.39, 0.29) is 24.1 Å². The molecule has 2 aliphatic rings. The minimum atomic E-state index is -0.715. The number of aryl methyl sites for hydroxylation is 1. The molecule has 0 saturated heterocycles. The van der Waals surface area contributed by atoms with E-state index in [2.05, 4.69) is 10.6 Å². The number of hydrogen-bond acceptors (Lipinski definition) is 5. The summed E-state index contributed by atoms with van der Waals surface area (Å²) >= 11 is 0. The second kappa shape index (κ2) is 9.65. The van der Waals surface area contributed by atoms with Gasteiger partial charge in [-0.3, -0.25) is 9.69 Å². The third-order valence-corrected chi connectivity index (χ3v) is 7.76. The van der Waals surface area contributed by atoms with Crippen molar-refractivity contribution in [2.75, 3.05) is 12.0 Å². The van der Waals surface area contributed by atoms with Crippen molar-refractivity contribution in [1.82, 2.24) is 9.55 Å². The molecule has 1 amide bonds. The van der Waals surface area contributed by atoms with Crippen LogP contribution < -0.4 is 4.90 Å². The number of carboxylic acid groups (broad SMARTS) is 1. The SMILES string of the molecule is COC(=O)N1c2ccc3c(nc(Cc4ccc(C#N)cc4)n3C3CCC(C(=O)O)CC3)c2CC[C@@H]1C. The first-order valence-electron chi connectivity index (χ1n) is 12.5. The Hall–Kier alpha value is -3.86. The first-order valence-corrected chi connectivity index (χ1v) is 12.5. The summed E-state index contributed by atoms with van der Waals surface area (Å²) in [6.45, 7) is 2.03. The highest BCUT2D eigenvalue weighted by molar-refractivity contribution is 5.95. The highest BCUT2D eigenvalue weighted by atomic mass is 16.5. The molecule has 0 spiro atoms. The van der Waals surface area contributed by atoms with Gasteiger partial charge in [-0.05, 0) is 75.3 Å². The lowest BCUT2D eigenvalue weighted by atomic mass is 9.85. The van der Waals surface area contributed by atoms with Crippen LogP contribution in [0.4, 0.5) is 10.5 Å². The maximum Gasteiger partial charge on any atom is 0.414 e. The number of carboxylic acids is 1. The van der Waals surface area contributed by atoms with Crippen molar-refractivity contribution in [3.05, 3.63) is 58.9 Å². The number of methoxy groups -OCH3 is 1. The molecule has 0 bridgehead atoms. The fourth-order valence-corrected chi connectivity index (χ4v) is 5.82. The van der Waals surface area contributed by atoms with Gasteiger partial charge in [-0.2, -0.15) is 5.26 Å². The fraction of sp³-hybridized carbons (Fsp3) is 0.429. The van der Waals surface area contributed by atoms with Crippen LogP contribution in [0.3, 0.4) is 0 Å². The number of aliphatic carboxylic acids is 1. The molecule has 1 saturated carbocycles. The average molecular weight is 487 g/mol. The van der Waals surface area contributed by atoms with Gasteiger partial charge >= 0.3 is 12.1 Å². The number of rotatable bonds is 4. The number of anilines is 1. The molecule has 8 nitrogen and oxygen atoms in total. The van der Waals surface area contributed by atoms with Crippen molar-refractivity contribution in [2.45, 2.75) is 64.0 Å². The number of imidazole rings is 1. The van der Waals surface area contributed by atoms with Crippen LogP contribution in [-0.2, 0) is 22.4 Å². The Labute approximate surface area is 210 Å². The van der Waals surface area contributed by atoms with Crippen LogP contribution in [0.15, 0.2) is 36.4 Å². The number of ether oxygens (including phenoxy) is 1. The Kier molecular flexibility index (Phi) is 6.40. The van der Waals surface area contributed by atoms with E-state index < -0.39 is 5.97 Å². The molecule has 186 valence electrons. The minimum absolute atomic E-state index is 0.0360. The highest BCUT2D eigenvalue weighted by Gasteiger charge is 2.33. The zero-order chi connectivity index (χ0) is 25.4. The second-order valence-electron chi connectivity index (χ2n) is 9.89. The predicted octanol–water partition coefficient (Wildman–Crippen LogP) is 5.22. The van der Waals surface area contributed by atoms with Crippen molar-refractivity contribution in [3.63, 3.8) is 0 Å². The summed E-state index contributed by atoms with van der Waals surface area (Å²) in [5.41, 5.74) is 5.49. The Balaban J connectivity index is 1.60. The summed E-state index contributed by atoms with van der Waals surface area (Å²) in [7, 11) is 1.40. The molecule has 1 atom stereocenters. The Morgan fingerprint density at radius 3 is 2.47 bits per heavy atom. The number of aromatic nitrogens is 2. The largest absolute Gasteiger partial charge is 0.481 e. The van der Waals surface area contributed by atoms with Crippen molar-refractivity contribution in [2.24, 2.45) is 5.92 Å². The van der Waals surface area contributed by atoms with E-state index in [0.717, 1.165) is 59.4 Å². The molecule has 0 unspecified atom stereocenters. The van der Waals surface area contributed by atoms with E-state index >= 15 is 0 Å². The van der Waals surface area contributed by atoms with Crippen molar-refractivity contribution >= 4 is 28.8 Å². The number of nitrogens with zero attached hydrogens (tertiary/aromatic N) is 4. The molecule has 1 aliphatic heterocycles. The van der Waals surface area contributed by atoms with Gasteiger partial charge in [0.1, 0.15) is 5.82 Å². The summed E-state index contributed by atoms with van der Waals surface area (Å²) in [4.78, 5) is 31.0. The summed E-state index contributed by atoms with van der Waals surface area (Å²) in [5, 5.41) is 18.6. The van der Waals surface area contributed by atoms with Crippen LogP contribution in [0.1, 0.15) is 67.6 Å². The molecule has 1 N–H and O–H groups in total. The lowest BCUT2D eigenvalue weighted by Crippen LogP contribution is -2.42. The third kappa shape index (κ3) is 4.19. The van der Waals surface area contributed by atoms with E-state index in [1.54, 1.807) is 4.90 Å². The molecular weight excluding hydrogens is 456 g/mol. The van der Waals surface area contributed by atoms with Gasteiger partial charge in [-0.1, -0.05) is 12.1 Å². The first kappa shape index (κ1) is 23.9. The molecule has 0 radical (unpaired) electrons. The Morgan fingerprint density at radius 2 is 1.83 bits per heavy atom. The molecule has 8 heteroatoms. The maximum atomic E-state index is 12.6. The summed E-state index contributed by atoms with van der Waals surface area (Å²) in [5.74, 6) is -0.0844. The van der Waals surface area contributed by atoms with Crippen LogP contribution >= 0.6 is 0 Å². The topological polar surface area (TPSA) is 108 Å². The third-order valence-electron chi connectivity index (χ3n) is 7.76. The average Bonchev–Trinajstić information content (AvgIpc) is 3.26. The molecule has 5 rings (SSSR count). The summed E-state index contributed by atoms with van der Waals surface area (Å²) in [6, 6.07) is 13.9. The number of benzene rings is 2. The summed E-state index contributed by atoms with van der Waals surface area (Å²) in [6.07, 6.45) is 4.74. The van der Waals surface area contributed by atoms with E-state index in [1.807, 2.05) is 43.3 Å². The smallest absolute Gasteiger partial charge is 0.414 e. The maximum absolute atomic E-state index is 12.6. The van der Waals surface area contributed by atoms with Gasteiger partial charge in [0.2, 0.25) is 0 Å². The predicted molar refractivity (Wildman–Crippen MR) is 135 cm³/mol. The number of amides is 1. The van der Waals surface area contributed by atoms with Gasteiger partial charge in [-0.25, -0.2) is 9.78 Å².